The third-order valence-electron chi connectivity index (χ3n) is 4.65. The average molecular weight is 466 g/mol. The number of benzene rings is 2. The third-order valence-corrected chi connectivity index (χ3v) is 4.65. The molecule has 0 heterocycles. The Bertz CT molecular complexity index is 816. The Labute approximate surface area is 190 Å². The van der Waals surface area contributed by atoms with Crippen LogP contribution < -0.4 is 24.8 Å². The van der Waals surface area contributed by atoms with Crippen molar-refractivity contribution in [2.75, 3.05) is 0 Å². The van der Waals surface area contributed by atoms with Crippen molar-refractivity contribution in [2.45, 2.75) is 52.4 Å². The number of fused-ring (bicyclic) bond motifs is 1. The third kappa shape index (κ3) is 5.28. The van der Waals surface area contributed by atoms with Crippen LogP contribution in [0.25, 0.3) is 21.9 Å². The largest absolute Gasteiger partial charge is 3.00 e. The number of halogens is 2. The van der Waals surface area contributed by atoms with Crippen molar-refractivity contribution in [3.63, 3.8) is 0 Å². The molecule has 0 aromatic heterocycles. The van der Waals surface area contributed by atoms with Gasteiger partial charge in [0.25, 0.3) is 0 Å². The molecule has 0 saturated carbocycles. The number of hydrogen-bond donors (Lipinski definition) is 0. The van der Waals surface area contributed by atoms with Crippen molar-refractivity contribution in [2.24, 2.45) is 0 Å². The van der Waals surface area contributed by atoms with Gasteiger partial charge in [0, 0.05) is 0 Å². The minimum absolute atomic E-state index is 0. The first kappa shape index (κ1) is 25.5. The Balaban J connectivity index is 0.00000208. The topological polar surface area (TPSA) is 0 Å². The van der Waals surface area contributed by atoms with Crippen LogP contribution in [0.3, 0.4) is 0 Å². The van der Waals surface area contributed by atoms with Gasteiger partial charge in [-0.2, -0.15) is 12.1 Å². The molecule has 0 amide bonds. The van der Waals surface area contributed by atoms with Crippen LogP contribution in [0.1, 0.15) is 52.7 Å². The zero-order valence-electron chi connectivity index (χ0n) is 16.5. The Morgan fingerprint density at radius 3 is 1.77 bits per heavy atom. The summed E-state index contributed by atoms with van der Waals surface area (Å²) in [5.41, 5.74) is 5.78. The molecule has 0 fully saturated rings. The molecule has 0 saturated heterocycles. The van der Waals surface area contributed by atoms with E-state index in [4.69, 9.17) is 0 Å². The standard InChI is InChI=1S/C23H27.2ClH.Zr/c1-22(2,3)18-13-17(14-19(15-18)23(4,5)6)21-12-8-10-16-9-7-11-20(16)21;;;/h7-15H,1-6H3;2*1H;/q-1;;;+3/p-2. The smallest absolute Gasteiger partial charge is 1.00 e. The molecular weight excluding hydrogens is 438 g/mol. The van der Waals surface area contributed by atoms with Gasteiger partial charge in [-0.05, 0) is 27.5 Å². The van der Waals surface area contributed by atoms with E-state index in [1.54, 1.807) is 0 Å². The van der Waals surface area contributed by atoms with Crippen LogP contribution in [-0.4, -0.2) is 0 Å². The molecule has 0 aliphatic carbocycles. The molecule has 0 aliphatic heterocycles. The summed E-state index contributed by atoms with van der Waals surface area (Å²) in [5, 5.41) is 2.67. The fourth-order valence-corrected chi connectivity index (χ4v) is 3.06. The van der Waals surface area contributed by atoms with E-state index in [-0.39, 0.29) is 61.8 Å². The van der Waals surface area contributed by atoms with Crippen LogP contribution >= 0.6 is 0 Å². The summed E-state index contributed by atoms with van der Waals surface area (Å²) in [7, 11) is 0. The Morgan fingerprint density at radius 2 is 1.27 bits per heavy atom. The molecule has 0 bridgehead atoms. The van der Waals surface area contributed by atoms with Crippen molar-refractivity contribution >= 4 is 10.8 Å². The Morgan fingerprint density at radius 1 is 0.731 bits per heavy atom. The van der Waals surface area contributed by atoms with Gasteiger partial charge >= 0.3 is 26.2 Å². The number of rotatable bonds is 1. The van der Waals surface area contributed by atoms with Gasteiger partial charge in [-0.1, -0.05) is 71.4 Å². The summed E-state index contributed by atoms with van der Waals surface area (Å²) >= 11 is 0. The zero-order chi connectivity index (χ0) is 16.8. The molecule has 3 rings (SSSR count). The normalized spacial score (nSPS) is 11.3. The average Bonchev–Trinajstić information content (AvgIpc) is 2.93. The first-order valence-corrected chi connectivity index (χ1v) is 8.47. The molecule has 0 unspecified atom stereocenters. The summed E-state index contributed by atoms with van der Waals surface area (Å²) in [6.45, 7) is 13.8. The zero-order valence-corrected chi connectivity index (χ0v) is 20.4. The van der Waals surface area contributed by atoms with Crippen LogP contribution in [0.2, 0.25) is 0 Å². The maximum Gasteiger partial charge on any atom is 3.00 e. The molecule has 137 valence electrons. The maximum atomic E-state index is 2.38. The molecule has 0 atom stereocenters. The molecule has 0 N–H and O–H groups in total. The molecule has 1 radical (unpaired) electrons. The van der Waals surface area contributed by atoms with Crippen LogP contribution in [0.5, 0.6) is 0 Å². The first-order chi connectivity index (χ1) is 10.7. The summed E-state index contributed by atoms with van der Waals surface area (Å²) in [5.74, 6) is 0. The van der Waals surface area contributed by atoms with Gasteiger partial charge in [-0.3, -0.25) is 0 Å². The van der Waals surface area contributed by atoms with Gasteiger partial charge in [0.15, 0.2) is 0 Å². The summed E-state index contributed by atoms with van der Waals surface area (Å²) in [6, 6.07) is 20.3. The van der Waals surface area contributed by atoms with Crippen molar-refractivity contribution in [1.29, 1.82) is 0 Å². The van der Waals surface area contributed by atoms with Gasteiger partial charge in [-0.15, -0.1) is 29.0 Å². The molecule has 3 aromatic rings. The van der Waals surface area contributed by atoms with E-state index < -0.39 is 0 Å². The van der Waals surface area contributed by atoms with E-state index in [0.29, 0.717) is 0 Å². The predicted octanol–water partition coefficient (Wildman–Crippen LogP) is 0.826. The summed E-state index contributed by atoms with van der Waals surface area (Å²) in [6.07, 6.45) is 0. The van der Waals surface area contributed by atoms with Crippen LogP contribution in [0.15, 0.2) is 54.6 Å². The second kappa shape index (κ2) is 9.14. The van der Waals surface area contributed by atoms with Crippen molar-refractivity contribution in [3.05, 3.63) is 65.7 Å². The minimum Gasteiger partial charge on any atom is -1.00 e. The number of hydrogen-bond acceptors (Lipinski definition) is 0. The predicted molar refractivity (Wildman–Crippen MR) is 102 cm³/mol. The monoisotopic (exact) mass is 463 g/mol. The molecule has 3 heteroatoms. The van der Waals surface area contributed by atoms with E-state index in [2.05, 4.69) is 96.1 Å². The van der Waals surface area contributed by atoms with Crippen LogP contribution in [0.4, 0.5) is 0 Å². The van der Waals surface area contributed by atoms with E-state index in [1.807, 2.05) is 0 Å². The molecule has 3 aromatic carbocycles. The van der Waals surface area contributed by atoms with E-state index in [1.165, 1.54) is 33.0 Å². The minimum atomic E-state index is 0. The Hall–Kier alpha value is -0.487. The van der Waals surface area contributed by atoms with Crippen molar-refractivity contribution < 1.29 is 51.0 Å². The molecule has 0 nitrogen and oxygen atoms in total. The summed E-state index contributed by atoms with van der Waals surface area (Å²) < 4.78 is 0. The van der Waals surface area contributed by atoms with E-state index in [0.717, 1.165) is 0 Å². The molecule has 0 aliphatic rings. The maximum absolute atomic E-state index is 2.38. The van der Waals surface area contributed by atoms with E-state index in [9.17, 15) is 0 Å². The molecule has 0 spiro atoms. The van der Waals surface area contributed by atoms with Crippen LogP contribution in [0, 0.1) is 0 Å². The second-order valence-corrected chi connectivity index (χ2v) is 8.63. The van der Waals surface area contributed by atoms with Gasteiger partial charge in [0.1, 0.15) is 0 Å². The summed E-state index contributed by atoms with van der Waals surface area (Å²) in [4.78, 5) is 0. The van der Waals surface area contributed by atoms with Crippen molar-refractivity contribution in [3.8, 4) is 11.1 Å². The van der Waals surface area contributed by atoms with Crippen LogP contribution in [-0.2, 0) is 37.0 Å². The molecular formula is C23H27Cl2Zr. The van der Waals surface area contributed by atoms with Gasteiger partial charge in [0.05, 0.1) is 0 Å². The quantitative estimate of drug-likeness (QED) is 0.467. The van der Waals surface area contributed by atoms with E-state index >= 15 is 0 Å². The SMILES string of the molecule is CC(C)(C)c1cc(-c2cccc3[cH-]ccc23)cc(C(C)(C)C)c1.[Cl-].[Cl-].[Zr+3]. The van der Waals surface area contributed by atoms with Crippen molar-refractivity contribution in [1.82, 2.24) is 0 Å². The van der Waals surface area contributed by atoms with Gasteiger partial charge in [-0.25, -0.2) is 0 Å². The van der Waals surface area contributed by atoms with Gasteiger partial charge < -0.3 is 24.8 Å². The fraction of sp³-hybridized carbons (Fsp3) is 0.348. The van der Waals surface area contributed by atoms with Gasteiger partial charge in [0.2, 0.25) is 0 Å². The fourth-order valence-electron chi connectivity index (χ4n) is 3.06. The first-order valence-electron chi connectivity index (χ1n) is 8.47. The Kier molecular flexibility index (Phi) is 8.97. The second-order valence-electron chi connectivity index (χ2n) is 8.63. The molecule has 26 heavy (non-hydrogen) atoms.